The van der Waals surface area contributed by atoms with Crippen LogP contribution < -0.4 is 10.2 Å². The predicted octanol–water partition coefficient (Wildman–Crippen LogP) is 6.08. The van der Waals surface area contributed by atoms with E-state index in [1.54, 1.807) is 0 Å². The van der Waals surface area contributed by atoms with Crippen LogP contribution in [0.3, 0.4) is 0 Å². The molecule has 4 aliphatic rings. The van der Waals surface area contributed by atoms with E-state index in [0.717, 1.165) is 36.2 Å². The van der Waals surface area contributed by atoms with E-state index < -0.39 is 0 Å². The molecule has 4 nitrogen and oxygen atoms in total. The Morgan fingerprint density at radius 1 is 0.861 bits per heavy atom. The molecule has 1 N–H and O–H groups in total. The predicted molar refractivity (Wildman–Crippen MR) is 141 cm³/mol. The fraction of sp³-hybridized carbons (Fsp3) is 0.387. The van der Waals surface area contributed by atoms with E-state index in [4.69, 9.17) is 0 Å². The van der Waals surface area contributed by atoms with Crippen LogP contribution in [0.5, 0.6) is 0 Å². The maximum absolute atomic E-state index is 13.5. The molecule has 1 saturated heterocycles. The minimum Gasteiger partial charge on any atom is -0.378 e. The Morgan fingerprint density at radius 3 is 2.39 bits per heavy atom. The van der Waals surface area contributed by atoms with Gasteiger partial charge >= 0.3 is 0 Å². The highest BCUT2D eigenvalue weighted by Crippen LogP contribution is 2.63. The maximum Gasteiger partial charge on any atom is 0.253 e. The van der Waals surface area contributed by atoms with Gasteiger partial charge in [-0.1, -0.05) is 30.3 Å². The molecule has 3 aromatic rings. The van der Waals surface area contributed by atoms with Crippen molar-refractivity contribution >= 4 is 17.3 Å². The van der Waals surface area contributed by atoms with Gasteiger partial charge in [0.2, 0.25) is 0 Å². The highest BCUT2D eigenvalue weighted by molar-refractivity contribution is 5.95. The quantitative estimate of drug-likeness (QED) is 0.492. The third kappa shape index (κ3) is 3.59. The SMILES string of the molecule is O=C(c1ccc2c(c1)[C@@H]1[C@H]3CC[C@@H](C3)[C@H]1[C@@H](c1ccccc1)N2)N1CCN(c2ccc(F)cc2)CC1. The van der Waals surface area contributed by atoms with Crippen molar-refractivity contribution in [3.63, 3.8) is 0 Å². The van der Waals surface area contributed by atoms with Crippen molar-refractivity contribution in [3.8, 4) is 0 Å². The molecule has 2 aliphatic heterocycles. The molecule has 0 spiro atoms. The molecule has 1 amide bonds. The number of benzene rings is 3. The minimum atomic E-state index is -0.220. The van der Waals surface area contributed by atoms with Crippen molar-refractivity contribution in [2.45, 2.75) is 31.2 Å². The van der Waals surface area contributed by atoms with E-state index in [-0.39, 0.29) is 11.7 Å². The summed E-state index contributed by atoms with van der Waals surface area (Å²) in [6.45, 7) is 2.88. The molecule has 0 unspecified atom stereocenters. The summed E-state index contributed by atoms with van der Waals surface area (Å²) in [5.41, 5.74) is 5.76. The lowest BCUT2D eigenvalue weighted by molar-refractivity contribution is 0.0746. The first-order chi connectivity index (χ1) is 17.7. The molecule has 7 rings (SSSR count). The van der Waals surface area contributed by atoms with E-state index in [2.05, 4.69) is 52.7 Å². The zero-order valence-electron chi connectivity index (χ0n) is 20.4. The Morgan fingerprint density at radius 2 is 1.61 bits per heavy atom. The Hall–Kier alpha value is -3.34. The molecule has 2 heterocycles. The van der Waals surface area contributed by atoms with E-state index in [9.17, 15) is 9.18 Å². The number of nitrogens with zero attached hydrogens (tertiary/aromatic N) is 2. The summed E-state index contributed by atoms with van der Waals surface area (Å²) < 4.78 is 13.3. The Labute approximate surface area is 212 Å². The summed E-state index contributed by atoms with van der Waals surface area (Å²) in [5, 5.41) is 3.88. The number of hydrogen-bond donors (Lipinski definition) is 1. The number of carbonyl (C=O) groups excluding carboxylic acids is 1. The van der Waals surface area contributed by atoms with Crippen molar-refractivity contribution in [2.24, 2.45) is 17.8 Å². The van der Waals surface area contributed by atoms with Gasteiger partial charge in [0.05, 0.1) is 6.04 Å². The molecule has 3 fully saturated rings. The summed E-state index contributed by atoms with van der Waals surface area (Å²) in [5.74, 6) is 2.54. The highest BCUT2D eigenvalue weighted by Gasteiger charge is 2.53. The van der Waals surface area contributed by atoms with Gasteiger partial charge in [-0.3, -0.25) is 4.79 Å². The van der Waals surface area contributed by atoms with Crippen molar-refractivity contribution in [2.75, 3.05) is 36.4 Å². The topological polar surface area (TPSA) is 35.6 Å². The van der Waals surface area contributed by atoms with Gasteiger partial charge < -0.3 is 15.1 Å². The monoisotopic (exact) mass is 481 g/mol. The van der Waals surface area contributed by atoms with Crippen molar-refractivity contribution in [1.82, 2.24) is 4.90 Å². The number of fused-ring (bicyclic) bond motifs is 7. The average molecular weight is 482 g/mol. The second kappa shape index (κ2) is 8.65. The Kier molecular flexibility index (Phi) is 5.26. The van der Waals surface area contributed by atoms with Crippen LogP contribution >= 0.6 is 0 Å². The number of halogens is 1. The van der Waals surface area contributed by atoms with Gasteiger partial charge in [-0.05, 0) is 96.5 Å². The molecular formula is C31H32FN3O. The van der Waals surface area contributed by atoms with Gasteiger partial charge in [-0.2, -0.15) is 0 Å². The normalized spacial score (nSPS) is 28.4. The number of rotatable bonds is 3. The average Bonchev–Trinajstić information content (AvgIpc) is 3.56. The molecule has 0 aromatic heterocycles. The Balaban J connectivity index is 1.13. The molecule has 5 atom stereocenters. The summed E-state index contributed by atoms with van der Waals surface area (Å²) >= 11 is 0. The van der Waals surface area contributed by atoms with E-state index >= 15 is 0 Å². The lowest BCUT2D eigenvalue weighted by atomic mass is 9.68. The summed E-state index contributed by atoms with van der Waals surface area (Å²) in [6, 6.07) is 24.2. The fourth-order valence-electron chi connectivity index (χ4n) is 7.61. The number of anilines is 2. The van der Waals surface area contributed by atoms with Gasteiger partial charge in [0.25, 0.3) is 5.91 Å². The zero-order valence-corrected chi connectivity index (χ0v) is 20.4. The van der Waals surface area contributed by atoms with Gasteiger partial charge in [0.1, 0.15) is 5.82 Å². The van der Waals surface area contributed by atoms with Crippen LogP contribution in [0.1, 0.15) is 52.7 Å². The van der Waals surface area contributed by atoms with E-state index in [0.29, 0.717) is 31.0 Å². The first-order valence-corrected chi connectivity index (χ1v) is 13.4. The second-order valence-corrected chi connectivity index (χ2v) is 11.0. The molecule has 0 radical (unpaired) electrons. The first-order valence-electron chi connectivity index (χ1n) is 13.4. The Bertz CT molecular complexity index is 1270. The van der Waals surface area contributed by atoms with Crippen LogP contribution in [0.4, 0.5) is 15.8 Å². The molecule has 3 aromatic carbocycles. The molecular weight excluding hydrogens is 449 g/mol. The van der Waals surface area contributed by atoms with Gasteiger partial charge in [-0.15, -0.1) is 0 Å². The van der Waals surface area contributed by atoms with Crippen molar-refractivity contribution in [3.05, 3.63) is 95.3 Å². The number of carbonyl (C=O) groups is 1. The van der Waals surface area contributed by atoms with Gasteiger partial charge in [0.15, 0.2) is 0 Å². The maximum atomic E-state index is 13.5. The summed E-state index contributed by atoms with van der Waals surface area (Å²) in [7, 11) is 0. The molecule has 2 bridgehead atoms. The van der Waals surface area contributed by atoms with Crippen LogP contribution in [0.25, 0.3) is 0 Å². The number of piperazine rings is 1. The van der Waals surface area contributed by atoms with E-state index in [1.165, 1.54) is 48.2 Å². The van der Waals surface area contributed by atoms with Gasteiger partial charge in [0, 0.05) is 43.1 Å². The van der Waals surface area contributed by atoms with Crippen LogP contribution in [0.2, 0.25) is 0 Å². The lowest BCUT2D eigenvalue weighted by Gasteiger charge is -2.44. The van der Waals surface area contributed by atoms with Crippen LogP contribution in [0.15, 0.2) is 72.8 Å². The smallest absolute Gasteiger partial charge is 0.253 e. The van der Waals surface area contributed by atoms with Crippen molar-refractivity contribution < 1.29 is 9.18 Å². The van der Waals surface area contributed by atoms with Crippen LogP contribution in [-0.4, -0.2) is 37.0 Å². The second-order valence-electron chi connectivity index (χ2n) is 11.0. The molecule has 5 heteroatoms. The first kappa shape index (κ1) is 21.9. The van der Waals surface area contributed by atoms with Crippen LogP contribution in [0, 0.1) is 23.6 Å². The zero-order chi connectivity index (χ0) is 24.2. The third-order valence-corrected chi connectivity index (χ3v) is 9.25. The molecule has 36 heavy (non-hydrogen) atoms. The number of amides is 1. The number of nitrogens with one attached hydrogen (secondary N) is 1. The highest BCUT2D eigenvalue weighted by atomic mass is 19.1. The van der Waals surface area contributed by atoms with E-state index in [1.807, 2.05) is 23.1 Å². The number of hydrogen-bond acceptors (Lipinski definition) is 3. The van der Waals surface area contributed by atoms with Crippen LogP contribution in [-0.2, 0) is 0 Å². The van der Waals surface area contributed by atoms with Gasteiger partial charge in [-0.25, -0.2) is 4.39 Å². The standard InChI is InChI=1S/C31H32FN3O/c32-24-9-11-25(12-10-24)34-14-16-35(17-15-34)31(36)23-8-13-27-26(19-23)28-21-6-7-22(18-21)29(28)30(33-27)20-4-2-1-3-5-20/h1-5,8-13,19,21-22,28-30,33H,6-7,14-18H2/t21-,22-,28-,29+,30+/m0/s1. The molecule has 184 valence electrons. The minimum absolute atomic E-state index is 0.126. The molecule has 2 aliphatic carbocycles. The molecule has 2 saturated carbocycles. The largest absolute Gasteiger partial charge is 0.378 e. The fourth-order valence-corrected chi connectivity index (χ4v) is 7.61. The third-order valence-electron chi connectivity index (χ3n) is 9.25. The lowest BCUT2D eigenvalue weighted by Crippen LogP contribution is -2.48. The van der Waals surface area contributed by atoms with Crippen molar-refractivity contribution in [1.29, 1.82) is 0 Å². The summed E-state index contributed by atoms with van der Waals surface area (Å²) in [6.07, 6.45) is 3.97. The summed E-state index contributed by atoms with van der Waals surface area (Å²) in [4.78, 5) is 17.7.